The van der Waals surface area contributed by atoms with Crippen molar-refractivity contribution in [2.24, 2.45) is 0 Å². The van der Waals surface area contributed by atoms with Crippen LogP contribution in [0.5, 0.6) is 0 Å². The molecule has 1 aliphatic rings. The molecular weight excluding hydrogens is 334 g/mol. The van der Waals surface area contributed by atoms with E-state index in [-0.39, 0.29) is 5.91 Å². The van der Waals surface area contributed by atoms with Gasteiger partial charge >= 0.3 is 0 Å². The second-order valence-electron chi connectivity index (χ2n) is 6.93. The molecule has 27 heavy (non-hydrogen) atoms. The Balaban J connectivity index is 1.69. The number of nitrogens with one attached hydrogen (secondary N) is 1. The minimum atomic E-state index is -0.552. The molecule has 136 valence electrons. The van der Waals surface area contributed by atoms with Crippen LogP contribution < -0.4 is 5.32 Å². The van der Waals surface area contributed by atoms with Gasteiger partial charge in [-0.3, -0.25) is 4.79 Å². The van der Waals surface area contributed by atoms with Crippen LogP contribution in [0.15, 0.2) is 84.9 Å². The number of para-hydroxylation sites is 1. The molecule has 1 saturated heterocycles. The molecule has 4 rings (SSSR count). The van der Waals surface area contributed by atoms with Crippen LogP contribution in [0.2, 0.25) is 0 Å². The fraction of sp³-hybridized carbons (Fsp3) is 0.208. The molecule has 0 radical (unpaired) electrons. The fourth-order valence-corrected chi connectivity index (χ4v) is 3.83. The maximum absolute atomic E-state index is 13.5. The molecule has 0 unspecified atom stereocenters. The molecule has 0 bridgehead atoms. The Morgan fingerprint density at radius 1 is 0.778 bits per heavy atom. The first-order valence-electron chi connectivity index (χ1n) is 9.39. The van der Waals surface area contributed by atoms with Crippen LogP contribution in [0.25, 0.3) is 11.1 Å². The lowest BCUT2D eigenvalue weighted by molar-refractivity contribution is -0.125. The molecule has 1 aliphatic heterocycles. The first-order valence-corrected chi connectivity index (χ1v) is 9.39. The molecule has 0 aliphatic carbocycles. The molecule has 3 heteroatoms. The Morgan fingerprint density at radius 3 is 2.07 bits per heavy atom. The molecule has 0 aromatic heterocycles. The van der Waals surface area contributed by atoms with E-state index >= 15 is 0 Å². The topological polar surface area (TPSA) is 38.3 Å². The first kappa shape index (κ1) is 17.5. The summed E-state index contributed by atoms with van der Waals surface area (Å²) >= 11 is 0. The van der Waals surface area contributed by atoms with Gasteiger partial charge in [0, 0.05) is 24.5 Å². The van der Waals surface area contributed by atoms with Gasteiger partial charge in [-0.25, -0.2) is 0 Å². The van der Waals surface area contributed by atoms with Gasteiger partial charge in [-0.05, 0) is 30.0 Å². The zero-order chi connectivity index (χ0) is 18.5. The van der Waals surface area contributed by atoms with E-state index in [2.05, 4.69) is 17.4 Å². The van der Waals surface area contributed by atoms with Crippen molar-refractivity contribution in [3.8, 4) is 11.1 Å². The number of amides is 1. The minimum Gasteiger partial charge on any atom is -0.381 e. The Morgan fingerprint density at radius 2 is 1.37 bits per heavy atom. The normalized spacial score (nSPS) is 15.9. The molecule has 1 fully saturated rings. The largest absolute Gasteiger partial charge is 0.381 e. The smallest absolute Gasteiger partial charge is 0.235 e. The zero-order valence-electron chi connectivity index (χ0n) is 15.2. The summed E-state index contributed by atoms with van der Waals surface area (Å²) in [5.74, 6) is 0.0420. The lowest BCUT2D eigenvalue weighted by Crippen LogP contribution is -2.44. The molecule has 0 saturated carbocycles. The van der Waals surface area contributed by atoms with E-state index in [1.54, 1.807) is 0 Å². The Hall–Kier alpha value is -2.91. The van der Waals surface area contributed by atoms with Gasteiger partial charge in [0.15, 0.2) is 0 Å². The van der Waals surface area contributed by atoms with Crippen molar-refractivity contribution in [1.29, 1.82) is 0 Å². The van der Waals surface area contributed by atoms with Crippen molar-refractivity contribution in [2.45, 2.75) is 18.3 Å². The van der Waals surface area contributed by atoms with Crippen molar-refractivity contribution < 1.29 is 9.53 Å². The van der Waals surface area contributed by atoms with E-state index in [0.29, 0.717) is 26.1 Å². The third-order valence-corrected chi connectivity index (χ3v) is 5.37. The standard InChI is InChI=1S/C24H23NO2/c26-23(24(15-17-27-18-16-24)20-11-5-2-6-12-20)25-22-14-8-7-13-21(22)19-9-3-1-4-10-19/h1-14H,15-18H2,(H,25,26). The maximum Gasteiger partial charge on any atom is 0.235 e. The molecular formula is C24H23NO2. The number of carbonyl (C=O) groups is 1. The number of ether oxygens (including phenoxy) is 1. The predicted molar refractivity (Wildman–Crippen MR) is 109 cm³/mol. The van der Waals surface area contributed by atoms with Crippen LogP contribution in [0.3, 0.4) is 0 Å². The van der Waals surface area contributed by atoms with Crippen LogP contribution in [0.1, 0.15) is 18.4 Å². The molecule has 3 aromatic carbocycles. The minimum absolute atomic E-state index is 0.0420. The average molecular weight is 357 g/mol. The van der Waals surface area contributed by atoms with Crippen LogP contribution in [0, 0.1) is 0 Å². The predicted octanol–water partition coefficient (Wildman–Crippen LogP) is 5.04. The van der Waals surface area contributed by atoms with E-state index in [1.165, 1.54) is 0 Å². The lowest BCUT2D eigenvalue weighted by Gasteiger charge is -2.36. The van der Waals surface area contributed by atoms with Gasteiger partial charge in [-0.1, -0.05) is 78.9 Å². The third-order valence-electron chi connectivity index (χ3n) is 5.37. The van der Waals surface area contributed by atoms with Gasteiger partial charge in [0.2, 0.25) is 5.91 Å². The number of rotatable bonds is 4. The average Bonchev–Trinajstić information content (AvgIpc) is 2.76. The summed E-state index contributed by atoms with van der Waals surface area (Å²) in [6.07, 6.45) is 1.38. The summed E-state index contributed by atoms with van der Waals surface area (Å²) in [5.41, 5.74) is 3.47. The zero-order valence-corrected chi connectivity index (χ0v) is 15.2. The quantitative estimate of drug-likeness (QED) is 0.710. The van der Waals surface area contributed by atoms with Crippen LogP contribution >= 0.6 is 0 Å². The summed E-state index contributed by atoms with van der Waals surface area (Å²) in [7, 11) is 0. The number of benzene rings is 3. The molecule has 0 atom stereocenters. The van der Waals surface area contributed by atoms with E-state index in [9.17, 15) is 4.79 Å². The first-order chi connectivity index (χ1) is 13.3. The molecule has 3 aromatic rings. The Labute approximate surface area is 160 Å². The molecule has 0 spiro atoms. The summed E-state index contributed by atoms with van der Waals surface area (Å²) < 4.78 is 5.56. The van der Waals surface area contributed by atoms with Crippen molar-refractivity contribution in [1.82, 2.24) is 0 Å². The molecule has 1 heterocycles. The Bertz CT molecular complexity index is 900. The van der Waals surface area contributed by atoms with Crippen LogP contribution in [-0.4, -0.2) is 19.1 Å². The second kappa shape index (κ2) is 7.77. The van der Waals surface area contributed by atoms with Crippen molar-refractivity contribution in [3.05, 3.63) is 90.5 Å². The fourth-order valence-electron chi connectivity index (χ4n) is 3.83. The number of hydrogen-bond donors (Lipinski definition) is 1. The van der Waals surface area contributed by atoms with Gasteiger partial charge in [0.1, 0.15) is 0 Å². The molecule has 1 N–H and O–H groups in total. The van der Waals surface area contributed by atoms with Crippen molar-refractivity contribution in [2.75, 3.05) is 18.5 Å². The van der Waals surface area contributed by atoms with E-state index in [0.717, 1.165) is 22.4 Å². The highest BCUT2D eigenvalue weighted by Gasteiger charge is 2.41. The molecule has 3 nitrogen and oxygen atoms in total. The molecule has 1 amide bonds. The van der Waals surface area contributed by atoms with Gasteiger partial charge in [-0.2, -0.15) is 0 Å². The highest BCUT2D eigenvalue weighted by Crippen LogP contribution is 2.37. The SMILES string of the molecule is O=C(Nc1ccccc1-c1ccccc1)C1(c2ccccc2)CCOCC1. The van der Waals surface area contributed by atoms with Crippen LogP contribution in [0.4, 0.5) is 5.69 Å². The van der Waals surface area contributed by atoms with Crippen molar-refractivity contribution in [3.63, 3.8) is 0 Å². The number of anilines is 1. The van der Waals surface area contributed by atoms with Gasteiger partial charge in [0.25, 0.3) is 0 Å². The van der Waals surface area contributed by atoms with Gasteiger partial charge in [-0.15, -0.1) is 0 Å². The van der Waals surface area contributed by atoms with Gasteiger partial charge < -0.3 is 10.1 Å². The van der Waals surface area contributed by atoms with E-state index in [4.69, 9.17) is 4.74 Å². The third kappa shape index (κ3) is 3.51. The van der Waals surface area contributed by atoms with Crippen LogP contribution in [-0.2, 0) is 14.9 Å². The lowest BCUT2D eigenvalue weighted by atomic mass is 9.73. The van der Waals surface area contributed by atoms with Crippen molar-refractivity contribution >= 4 is 11.6 Å². The highest BCUT2D eigenvalue weighted by atomic mass is 16.5. The summed E-state index contributed by atoms with van der Waals surface area (Å²) in [4.78, 5) is 13.5. The summed E-state index contributed by atoms with van der Waals surface area (Å²) in [6, 6.07) is 28.2. The second-order valence-corrected chi connectivity index (χ2v) is 6.93. The monoisotopic (exact) mass is 357 g/mol. The van der Waals surface area contributed by atoms with Gasteiger partial charge in [0.05, 0.1) is 5.41 Å². The summed E-state index contributed by atoms with van der Waals surface area (Å²) in [6.45, 7) is 1.20. The summed E-state index contributed by atoms with van der Waals surface area (Å²) in [5, 5.41) is 3.22. The highest BCUT2D eigenvalue weighted by molar-refractivity contribution is 6.02. The number of carbonyl (C=O) groups excluding carboxylic acids is 1. The van der Waals surface area contributed by atoms with E-state index < -0.39 is 5.41 Å². The Kier molecular flexibility index (Phi) is 5.03. The number of hydrogen-bond acceptors (Lipinski definition) is 2. The van der Waals surface area contributed by atoms with E-state index in [1.807, 2.05) is 72.8 Å². The maximum atomic E-state index is 13.5.